The van der Waals surface area contributed by atoms with E-state index < -0.39 is 34.8 Å². The van der Waals surface area contributed by atoms with Gasteiger partial charge in [-0.15, -0.1) is 0 Å². The van der Waals surface area contributed by atoms with Crippen molar-refractivity contribution >= 4 is 7.85 Å². The maximum absolute atomic E-state index is 13.1. The van der Waals surface area contributed by atoms with Crippen molar-refractivity contribution < 1.29 is 22.0 Å². The molecule has 2 unspecified atom stereocenters. The summed E-state index contributed by atoms with van der Waals surface area (Å²) >= 11 is 0. The summed E-state index contributed by atoms with van der Waals surface area (Å²) in [5.74, 6) is -6.05. The average Bonchev–Trinajstić information content (AvgIpc) is 2.09. The van der Waals surface area contributed by atoms with Gasteiger partial charge < -0.3 is 0 Å². The van der Waals surface area contributed by atoms with E-state index in [2.05, 4.69) is 0 Å². The number of allylic oxidation sites excluding steroid dienone is 4. The van der Waals surface area contributed by atoms with Gasteiger partial charge in [0.1, 0.15) is 7.85 Å². The first-order chi connectivity index (χ1) is 5.80. The lowest BCUT2D eigenvalue weighted by Gasteiger charge is -2.28. The first-order valence-electron chi connectivity index (χ1n) is 3.34. The molecule has 2 atom stereocenters. The predicted octanol–water partition coefficient (Wildman–Crippen LogP) is 2.57. The van der Waals surface area contributed by atoms with Crippen LogP contribution in [0.5, 0.6) is 0 Å². The third-order valence-electron chi connectivity index (χ3n) is 1.86. The quantitative estimate of drug-likeness (QED) is 0.410. The minimum atomic E-state index is -3.04. The topological polar surface area (TPSA) is 0 Å². The zero-order valence-electron chi connectivity index (χ0n) is 6.54. The van der Waals surface area contributed by atoms with E-state index in [9.17, 15) is 22.0 Å². The first-order valence-corrected chi connectivity index (χ1v) is 3.34. The van der Waals surface area contributed by atoms with E-state index in [-0.39, 0.29) is 0 Å². The molecule has 1 rings (SSSR count). The first kappa shape index (κ1) is 10.3. The number of hydrogen-bond acceptors (Lipinski definition) is 0. The van der Waals surface area contributed by atoms with Crippen LogP contribution < -0.4 is 0 Å². The van der Waals surface area contributed by atoms with Gasteiger partial charge in [0, 0.05) is 0 Å². The van der Waals surface area contributed by atoms with E-state index in [0.717, 1.165) is 0 Å². The molecule has 0 saturated heterocycles. The molecule has 0 aromatic carbocycles. The number of hydrogen-bond donors (Lipinski definition) is 0. The maximum Gasteiger partial charge on any atom is 0.192 e. The molecule has 0 spiro atoms. The van der Waals surface area contributed by atoms with Crippen molar-refractivity contribution in [1.82, 2.24) is 0 Å². The summed E-state index contributed by atoms with van der Waals surface area (Å²) in [4.78, 5) is 0. The van der Waals surface area contributed by atoms with E-state index in [4.69, 9.17) is 7.85 Å². The normalized spacial score (nSPS) is 35.7. The number of halogens is 5. The van der Waals surface area contributed by atoms with E-state index in [0.29, 0.717) is 6.92 Å². The number of rotatable bonds is 0. The Morgan fingerprint density at radius 3 is 2.15 bits per heavy atom. The molecule has 13 heavy (non-hydrogen) atoms. The Morgan fingerprint density at radius 1 is 1.23 bits per heavy atom. The third kappa shape index (κ3) is 1.28. The molecule has 0 aromatic heterocycles. The van der Waals surface area contributed by atoms with Gasteiger partial charge in [0.2, 0.25) is 0 Å². The van der Waals surface area contributed by atoms with Crippen LogP contribution in [0.25, 0.3) is 0 Å². The molecule has 0 nitrogen and oxygen atoms in total. The highest BCUT2D eigenvalue weighted by Crippen LogP contribution is 2.41. The van der Waals surface area contributed by atoms with Gasteiger partial charge in [0.05, 0.1) is 0 Å². The third-order valence-corrected chi connectivity index (χ3v) is 1.86. The average molecular weight is 194 g/mol. The van der Waals surface area contributed by atoms with Crippen LogP contribution in [-0.2, 0) is 0 Å². The summed E-state index contributed by atoms with van der Waals surface area (Å²) < 4.78 is 63.2. The van der Waals surface area contributed by atoms with Crippen LogP contribution in [0.4, 0.5) is 22.0 Å². The van der Waals surface area contributed by atoms with Crippen molar-refractivity contribution in [3.05, 3.63) is 23.0 Å². The van der Waals surface area contributed by atoms with Crippen molar-refractivity contribution in [2.75, 3.05) is 0 Å². The molecule has 0 aliphatic heterocycles. The Labute approximate surface area is 72.5 Å². The minimum absolute atomic E-state index is 0.540. The summed E-state index contributed by atoms with van der Waals surface area (Å²) in [6.07, 6.45) is -2.90. The van der Waals surface area contributed by atoms with Gasteiger partial charge in [-0.05, 0) is 12.4 Å². The highest BCUT2D eigenvalue weighted by molar-refractivity contribution is 6.23. The molecule has 2 radical (unpaired) electrons. The van der Waals surface area contributed by atoms with E-state index >= 15 is 0 Å². The van der Waals surface area contributed by atoms with Crippen LogP contribution in [0.15, 0.2) is 23.0 Å². The van der Waals surface area contributed by atoms with E-state index in [1.165, 1.54) is 0 Å². The van der Waals surface area contributed by atoms with Crippen LogP contribution in [0.3, 0.4) is 0 Å². The Balaban J connectivity index is 3.32. The lowest BCUT2D eigenvalue weighted by Crippen LogP contribution is -2.38. The lowest BCUT2D eigenvalue weighted by atomic mass is 9.75. The molecule has 0 bridgehead atoms. The van der Waals surface area contributed by atoms with E-state index in [1.54, 1.807) is 0 Å². The van der Waals surface area contributed by atoms with Crippen LogP contribution in [0.2, 0.25) is 0 Å². The molecule has 1 aliphatic rings. The maximum atomic E-state index is 13.1. The highest BCUT2D eigenvalue weighted by Gasteiger charge is 2.46. The molecule has 0 saturated carbocycles. The van der Waals surface area contributed by atoms with Crippen LogP contribution in [-0.4, -0.2) is 19.7 Å². The van der Waals surface area contributed by atoms with Crippen molar-refractivity contribution in [3.8, 4) is 0 Å². The van der Waals surface area contributed by atoms with Crippen molar-refractivity contribution in [3.63, 3.8) is 0 Å². The molecule has 0 fully saturated rings. The highest BCUT2D eigenvalue weighted by atomic mass is 19.2. The van der Waals surface area contributed by atoms with Gasteiger partial charge in [0.15, 0.2) is 29.3 Å². The standard InChI is InChI=1S/C7H4BF5/c1-7(13)5(8)3(10)2(9)4(11)6(7)12/h6H,1H3. The molecular formula is C7H4BF5. The molecule has 70 valence electrons. The number of alkyl halides is 2. The SMILES string of the molecule is [B]C1=C(F)C(F)=C(F)C(F)C1(C)F. The summed E-state index contributed by atoms with van der Waals surface area (Å²) in [5.41, 5.74) is -4.30. The summed E-state index contributed by atoms with van der Waals surface area (Å²) in [6, 6.07) is 0. The molecule has 6 heteroatoms. The molecule has 0 N–H and O–H groups in total. The Morgan fingerprint density at radius 2 is 1.69 bits per heavy atom. The van der Waals surface area contributed by atoms with Gasteiger partial charge >= 0.3 is 0 Å². The molecular weight excluding hydrogens is 190 g/mol. The van der Waals surface area contributed by atoms with Gasteiger partial charge in [0.25, 0.3) is 0 Å². The summed E-state index contributed by atoms with van der Waals surface area (Å²) in [7, 11) is 4.75. The van der Waals surface area contributed by atoms with Crippen LogP contribution in [0.1, 0.15) is 6.92 Å². The summed E-state index contributed by atoms with van der Waals surface area (Å²) in [6.45, 7) is 0.540. The van der Waals surface area contributed by atoms with Gasteiger partial charge in [-0.1, -0.05) is 0 Å². The second-order valence-corrected chi connectivity index (χ2v) is 2.83. The zero-order chi connectivity index (χ0) is 10.4. The Kier molecular flexibility index (Phi) is 2.26. The lowest BCUT2D eigenvalue weighted by molar-refractivity contribution is 0.104. The van der Waals surface area contributed by atoms with Gasteiger partial charge in [-0.3, -0.25) is 0 Å². The van der Waals surface area contributed by atoms with Crippen molar-refractivity contribution in [2.24, 2.45) is 0 Å². The molecule has 0 amide bonds. The largest absolute Gasteiger partial charge is 0.236 e. The fourth-order valence-electron chi connectivity index (χ4n) is 0.923. The molecule has 0 aromatic rings. The second kappa shape index (κ2) is 2.85. The fourth-order valence-corrected chi connectivity index (χ4v) is 0.923. The van der Waals surface area contributed by atoms with Crippen LogP contribution in [0, 0.1) is 0 Å². The van der Waals surface area contributed by atoms with Crippen molar-refractivity contribution in [1.29, 1.82) is 0 Å². The molecule has 1 aliphatic carbocycles. The van der Waals surface area contributed by atoms with Gasteiger partial charge in [-0.2, -0.15) is 0 Å². The van der Waals surface area contributed by atoms with Gasteiger partial charge in [-0.25, -0.2) is 22.0 Å². The fraction of sp³-hybridized carbons (Fsp3) is 0.429. The minimum Gasteiger partial charge on any atom is -0.236 e. The Bertz CT molecular complexity index is 304. The van der Waals surface area contributed by atoms with E-state index in [1.807, 2.05) is 0 Å². The monoisotopic (exact) mass is 194 g/mol. The van der Waals surface area contributed by atoms with Crippen molar-refractivity contribution in [2.45, 2.75) is 18.8 Å². The predicted molar refractivity (Wildman–Crippen MR) is 37.5 cm³/mol. The second-order valence-electron chi connectivity index (χ2n) is 2.83. The summed E-state index contributed by atoms with van der Waals surface area (Å²) in [5, 5.41) is 0. The smallest absolute Gasteiger partial charge is 0.192 e. The zero-order valence-corrected chi connectivity index (χ0v) is 6.54. The Hall–Kier alpha value is -0.805. The van der Waals surface area contributed by atoms with Crippen LogP contribution >= 0.6 is 0 Å². The molecule has 0 heterocycles.